The van der Waals surface area contributed by atoms with Crippen molar-refractivity contribution in [1.29, 1.82) is 0 Å². The Balaban J connectivity index is 1.33. The summed E-state index contributed by atoms with van der Waals surface area (Å²) in [7, 11) is 0. The molecular formula is C15H19N3O2. The van der Waals surface area contributed by atoms with Gasteiger partial charge < -0.3 is 19.4 Å². The fraction of sp³-hybridized carbons (Fsp3) is 0.400. The van der Waals surface area contributed by atoms with Gasteiger partial charge in [-0.15, -0.1) is 0 Å². The van der Waals surface area contributed by atoms with Gasteiger partial charge in [-0.3, -0.25) is 0 Å². The van der Waals surface area contributed by atoms with Gasteiger partial charge in [0, 0.05) is 25.5 Å². The summed E-state index contributed by atoms with van der Waals surface area (Å²) in [5.41, 5.74) is 1.23. The number of hydrogen-bond acceptors (Lipinski definition) is 4. The Morgan fingerprint density at radius 2 is 2.15 bits per heavy atom. The summed E-state index contributed by atoms with van der Waals surface area (Å²) >= 11 is 0. The van der Waals surface area contributed by atoms with E-state index in [1.54, 1.807) is 0 Å². The second-order valence-corrected chi connectivity index (χ2v) is 4.87. The van der Waals surface area contributed by atoms with Crippen LogP contribution in [-0.4, -0.2) is 22.9 Å². The number of nitrogens with zero attached hydrogens (tertiary/aromatic N) is 2. The van der Waals surface area contributed by atoms with Gasteiger partial charge >= 0.3 is 0 Å². The monoisotopic (exact) mass is 273 g/mol. The third-order valence-corrected chi connectivity index (χ3v) is 3.35. The molecule has 0 saturated carbocycles. The van der Waals surface area contributed by atoms with Gasteiger partial charge in [-0.05, 0) is 37.1 Å². The van der Waals surface area contributed by atoms with E-state index < -0.39 is 0 Å². The molecule has 5 nitrogen and oxygen atoms in total. The smallest absolute Gasteiger partial charge is 0.231 e. The summed E-state index contributed by atoms with van der Waals surface area (Å²) in [6, 6.07) is 6.09. The highest BCUT2D eigenvalue weighted by atomic mass is 16.7. The number of nitrogens with one attached hydrogen (secondary N) is 1. The maximum atomic E-state index is 5.37. The lowest BCUT2D eigenvalue weighted by atomic mass is 10.2. The van der Waals surface area contributed by atoms with Gasteiger partial charge in [-0.25, -0.2) is 4.98 Å². The van der Waals surface area contributed by atoms with Crippen LogP contribution in [0, 0.1) is 0 Å². The topological polar surface area (TPSA) is 48.3 Å². The van der Waals surface area contributed by atoms with Gasteiger partial charge in [0.2, 0.25) is 6.79 Å². The molecule has 0 aliphatic carbocycles. The molecule has 0 fully saturated rings. The van der Waals surface area contributed by atoms with Crippen molar-refractivity contribution in [2.24, 2.45) is 0 Å². The Kier molecular flexibility index (Phi) is 4.18. The summed E-state index contributed by atoms with van der Waals surface area (Å²) in [5.74, 6) is 1.69. The molecule has 3 rings (SSSR count). The molecule has 1 aromatic carbocycles. The first-order valence-electron chi connectivity index (χ1n) is 6.97. The van der Waals surface area contributed by atoms with Crippen molar-refractivity contribution in [3.8, 4) is 11.5 Å². The maximum absolute atomic E-state index is 5.37. The molecule has 0 bridgehead atoms. The summed E-state index contributed by atoms with van der Waals surface area (Å²) < 4.78 is 12.8. The normalized spacial score (nSPS) is 12.8. The van der Waals surface area contributed by atoms with Gasteiger partial charge in [0.05, 0.1) is 6.33 Å². The lowest BCUT2D eigenvalue weighted by molar-refractivity contribution is 0.174. The standard InChI is InChI=1S/C15H19N3O2/c1(2-7-18-8-6-17-11-18)5-16-10-13-3-4-14-15(9-13)20-12-19-14/h3-4,6,8-9,11,16H,1-2,5,7,10,12H2. The van der Waals surface area contributed by atoms with Crippen LogP contribution in [0.1, 0.15) is 18.4 Å². The second-order valence-electron chi connectivity index (χ2n) is 4.87. The van der Waals surface area contributed by atoms with Crippen molar-refractivity contribution in [1.82, 2.24) is 14.9 Å². The maximum Gasteiger partial charge on any atom is 0.231 e. The highest BCUT2D eigenvalue weighted by Crippen LogP contribution is 2.32. The van der Waals surface area contributed by atoms with Crippen LogP contribution in [0.4, 0.5) is 0 Å². The van der Waals surface area contributed by atoms with E-state index in [-0.39, 0.29) is 0 Å². The van der Waals surface area contributed by atoms with Crippen LogP contribution in [0.3, 0.4) is 0 Å². The predicted molar refractivity (Wildman–Crippen MR) is 75.7 cm³/mol. The minimum atomic E-state index is 0.334. The van der Waals surface area contributed by atoms with Crippen LogP contribution in [0.25, 0.3) is 0 Å². The van der Waals surface area contributed by atoms with Crippen molar-refractivity contribution >= 4 is 0 Å². The third-order valence-electron chi connectivity index (χ3n) is 3.35. The average molecular weight is 273 g/mol. The zero-order valence-corrected chi connectivity index (χ0v) is 11.4. The van der Waals surface area contributed by atoms with Crippen molar-refractivity contribution in [3.05, 3.63) is 42.5 Å². The molecule has 1 aromatic heterocycles. The first kappa shape index (κ1) is 13.0. The highest BCUT2D eigenvalue weighted by Gasteiger charge is 2.12. The number of aryl methyl sites for hydroxylation is 1. The number of imidazole rings is 1. The zero-order valence-electron chi connectivity index (χ0n) is 11.4. The number of aromatic nitrogens is 2. The van der Waals surface area contributed by atoms with E-state index in [0.717, 1.165) is 44.0 Å². The number of ether oxygens (including phenoxy) is 2. The average Bonchev–Trinajstić information content (AvgIpc) is 3.13. The van der Waals surface area contributed by atoms with Gasteiger partial charge in [0.1, 0.15) is 0 Å². The molecule has 0 radical (unpaired) electrons. The third kappa shape index (κ3) is 3.30. The number of unbranched alkanes of at least 4 members (excludes halogenated alkanes) is 1. The molecule has 0 spiro atoms. The fourth-order valence-corrected chi connectivity index (χ4v) is 2.25. The minimum Gasteiger partial charge on any atom is -0.454 e. The second kappa shape index (κ2) is 6.43. The van der Waals surface area contributed by atoms with Crippen LogP contribution in [0.5, 0.6) is 11.5 Å². The first-order chi connectivity index (χ1) is 9.92. The summed E-state index contributed by atoms with van der Waals surface area (Å²) in [6.45, 7) is 3.25. The summed E-state index contributed by atoms with van der Waals surface area (Å²) in [4.78, 5) is 4.03. The zero-order chi connectivity index (χ0) is 13.6. The molecule has 0 atom stereocenters. The van der Waals surface area contributed by atoms with Crippen molar-refractivity contribution in [2.75, 3.05) is 13.3 Å². The molecule has 2 aromatic rings. The Bertz CT molecular complexity index is 540. The molecule has 0 saturated heterocycles. The fourth-order valence-electron chi connectivity index (χ4n) is 2.25. The van der Waals surface area contributed by atoms with Gasteiger partial charge in [0.25, 0.3) is 0 Å². The molecule has 0 amide bonds. The molecule has 106 valence electrons. The first-order valence-corrected chi connectivity index (χ1v) is 6.97. The van der Waals surface area contributed by atoms with Crippen molar-refractivity contribution < 1.29 is 9.47 Å². The number of fused-ring (bicyclic) bond motifs is 1. The number of benzene rings is 1. The van der Waals surface area contributed by atoms with Crippen molar-refractivity contribution in [2.45, 2.75) is 25.9 Å². The van der Waals surface area contributed by atoms with Gasteiger partial charge in [-0.1, -0.05) is 6.07 Å². The lowest BCUT2D eigenvalue weighted by Gasteiger charge is -2.06. The predicted octanol–water partition coefficient (Wildman–Crippen LogP) is 2.18. The van der Waals surface area contributed by atoms with Gasteiger partial charge in [0.15, 0.2) is 11.5 Å². The Hall–Kier alpha value is -2.01. The van der Waals surface area contributed by atoms with E-state index in [9.17, 15) is 0 Å². The molecule has 1 aliphatic rings. The number of hydrogen-bond donors (Lipinski definition) is 1. The van der Waals surface area contributed by atoms with E-state index in [1.807, 2.05) is 30.9 Å². The molecule has 20 heavy (non-hydrogen) atoms. The quantitative estimate of drug-likeness (QED) is 0.786. The molecule has 2 heterocycles. The Morgan fingerprint density at radius 1 is 1.20 bits per heavy atom. The van der Waals surface area contributed by atoms with Gasteiger partial charge in [-0.2, -0.15) is 0 Å². The van der Waals surface area contributed by atoms with Crippen molar-refractivity contribution in [3.63, 3.8) is 0 Å². The van der Waals surface area contributed by atoms with Crippen LogP contribution in [-0.2, 0) is 13.1 Å². The molecule has 0 unspecified atom stereocenters. The van der Waals surface area contributed by atoms with E-state index in [2.05, 4.69) is 20.9 Å². The van der Waals surface area contributed by atoms with E-state index in [1.165, 1.54) is 5.56 Å². The highest BCUT2D eigenvalue weighted by molar-refractivity contribution is 5.44. The van der Waals surface area contributed by atoms with Crippen LogP contribution in [0.2, 0.25) is 0 Å². The molecular weight excluding hydrogens is 254 g/mol. The van der Waals surface area contributed by atoms with Crippen LogP contribution >= 0.6 is 0 Å². The minimum absolute atomic E-state index is 0.334. The SMILES string of the molecule is c1cn(CCCCNCc2ccc3c(c2)OCO3)cn1. The van der Waals surface area contributed by atoms with Crippen LogP contribution < -0.4 is 14.8 Å². The van der Waals surface area contributed by atoms with E-state index >= 15 is 0 Å². The summed E-state index contributed by atoms with van der Waals surface area (Å²) in [6.07, 6.45) is 7.99. The number of rotatable bonds is 7. The molecule has 1 N–H and O–H groups in total. The summed E-state index contributed by atoms with van der Waals surface area (Å²) in [5, 5.41) is 3.45. The lowest BCUT2D eigenvalue weighted by Crippen LogP contribution is -2.15. The Labute approximate surface area is 118 Å². The van der Waals surface area contributed by atoms with E-state index in [4.69, 9.17) is 9.47 Å². The molecule has 5 heteroatoms. The largest absolute Gasteiger partial charge is 0.454 e. The van der Waals surface area contributed by atoms with E-state index in [0.29, 0.717) is 6.79 Å². The molecule has 1 aliphatic heterocycles. The van der Waals surface area contributed by atoms with Crippen LogP contribution in [0.15, 0.2) is 36.9 Å². The Morgan fingerprint density at radius 3 is 3.05 bits per heavy atom.